The molecule has 1 aliphatic rings. The van der Waals surface area contributed by atoms with Crippen molar-refractivity contribution in [1.29, 1.82) is 0 Å². The van der Waals surface area contributed by atoms with Crippen LogP contribution < -0.4 is 10.7 Å². The van der Waals surface area contributed by atoms with E-state index in [4.69, 9.17) is 0 Å². The van der Waals surface area contributed by atoms with Gasteiger partial charge in [-0.2, -0.15) is 18.3 Å². The molecule has 3 rings (SSSR count). The van der Waals surface area contributed by atoms with Gasteiger partial charge < -0.3 is 5.32 Å². The van der Waals surface area contributed by atoms with Gasteiger partial charge in [-0.25, -0.2) is 5.43 Å². The molecule has 2 aromatic rings. The van der Waals surface area contributed by atoms with Gasteiger partial charge in [0, 0.05) is 11.6 Å². The molecular formula is C20H18F3N3O2. The van der Waals surface area contributed by atoms with Crippen molar-refractivity contribution in [1.82, 2.24) is 5.43 Å². The maximum atomic E-state index is 12.3. The van der Waals surface area contributed by atoms with E-state index in [-0.39, 0.29) is 23.4 Å². The van der Waals surface area contributed by atoms with Gasteiger partial charge in [-0.3, -0.25) is 9.59 Å². The van der Waals surface area contributed by atoms with Crippen molar-refractivity contribution in [3.63, 3.8) is 0 Å². The molecule has 2 amide bonds. The molecule has 0 radical (unpaired) electrons. The monoisotopic (exact) mass is 389 g/mol. The second kappa shape index (κ2) is 7.84. The zero-order valence-corrected chi connectivity index (χ0v) is 15.0. The fraction of sp³-hybridized carbons (Fsp3) is 0.250. The van der Waals surface area contributed by atoms with E-state index in [1.54, 1.807) is 12.2 Å². The van der Waals surface area contributed by atoms with Crippen LogP contribution in [0.1, 0.15) is 30.4 Å². The molecule has 0 spiro atoms. The number of hydrazone groups is 1. The van der Waals surface area contributed by atoms with Crippen molar-refractivity contribution < 1.29 is 22.8 Å². The van der Waals surface area contributed by atoms with Crippen LogP contribution in [0.3, 0.4) is 0 Å². The molecule has 2 aromatic carbocycles. The number of halogens is 3. The van der Waals surface area contributed by atoms with Crippen molar-refractivity contribution in [3.8, 4) is 0 Å². The summed E-state index contributed by atoms with van der Waals surface area (Å²) in [4.78, 5) is 23.1. The standard InChI is InChI=1S/C20H18F3N3O2/c1-12(13-7-9-15(10-8-13)24-19(28)20(21,22)23)25-26-18(27)17-11-16(17)14-5-3-2-4-6-14/h2-10,16-17H,11H2,1H3,(H,24,28)(H,26,27)/b25-12-/t16-,17+/m1/s1. The maximum Gasteiger partial charge on any atom is 0.471 e. The summed E-state index contributed by atoms with van der Waals surface area (Å²) in [5.41, 5.74) is 4.80. The largest absolute Gasteiger partial charge is 0.471 e. The summed E-state index contributed by atoms with van der Waals surface area (Å²) in [6.07, 6.45) is -4.17. The van der Waals surface area contributed by atoms with E-state index in [9.17, 15) is 22.8 Å². The Morgan fingerprint density at radius 2 is 1.68 bits per heavy atom. The summed E-state index contributed by atoms with van der Waals surface area (Å²) in [6, 6.07) is 15.5. The summed E-state index contributed by atoms with van der Waals surface area (Å²) in [6.45, 7) is 1.67. The van der Waals surface area contributed by atoms with Crippen molar-refractivity contribution >= 4 is 23.2 Å². The molecule has 2 atom stereocenters. The average Bonchev–Trinajstić information content (AvgIpc) is 3.47. The summed E-state index contributed by atoms with van der Waals surface area (Å²) in [5, 5.41) is 5.83. The molecule has 146 valence electrons. The first-order valence-electron chi connectivity index (χ1n) is 8.63. The smallest absolute Gasteiger partial charge is 0.318 e. The first-order valence-corrected chi connectivity index (χ1v) is 8.63. The van der Waals surface area contributed by atoms with E-state index >= 15 is 0 Å². The number of hydrogen-bond donors (Lipinski definition) is 2. The fourth-order valence-corrected chi connectivity index (χ4v) is 2.84. The van der Waals surface area contributed by atoms with Gasteiger partial charge in [-0.15, -0.1) is 0 Å². The summed E-state index contributed by atoms with van der Waals surface area (Å²) < 4.78 is 36.8. The highest BCUT2D eigenvalue weighted by atomic mass is 19.4. The van der Waals surface area contributed by atoms with E-state index in [1.165, 1.54) is 24.3 Å². The Morgan fingerprint density at radius 3 is 2.29 bits per heavy atom. The molecule has 2 N–H and O–H groups in total. The molecule has 0 saturated heterocycles. The van der Waals surface area contributed by atoms with Crippen LogP contribution in [-0.2, 0) is 9.59 Å². The molecule has 28 heavy (non-hydrogen) atoms. The number of amides is 2. The van der Waals surface area contributed by atoms with Crippen LogP contribution in [0.2, 0.25) is 0 Å². The number of anilines is 1. The maximum absolute atomic E-state index is 12.3. The van der Waals surface area contributed by atoms with Crippen molar-refractivity contribution in [2.24, 2.45) is 11.0 Å². The molecule has 0 heterocycles. The number of hydrogen-bond acceptors (Lipinski definition) is 3. The molecular weight excluding hydrogens is 371 g/mol. The Labute approximate surface area is 159 Å². The zero-order chi connectivity index (χ0) is 20.3. The number of alkyl halides is 3. The summed E-state index contributed by atoms with van der Waals surface area (Å²) in [7, 11) is 0. The first-order chi connectivity index (χ1) is 13.3. The summed E-state index contributed by atoms with van der Waals surface area (Å²) >= 11 is 0. The number of nitrogens with zero attached hydrogens (tertiary/aromatic N) is 1. The van der Waals surface area contributed by atoms with Crippen LogP contribution in [0.4, 0.5) is 18.9 Å². The molecule has 0 aliphatic heterocycles. The lowest BCUT2D eigenvalue weighted by molar-refractivity contribution is -0.167. The van der Waals surface area contributed by atoms with Gasteiger partial charge in [-0.1, -0.05) is 42.5 Å². The number of rotatable bonds is 5. The highest BCUT2D eigenvalue weighted by molar-refractivity contribution is 6.00. The van der Waals surface area contributed by atoms with E-state index < -0.39 is 12.1 Å². The topological polar surface area (TPSA) is 70.6 Å². The van der Waals surface area contributed by atoms with Gasteiger partial charge in [-0.05, 0) is 42.5 Å². The SMILES string of the molecule is C/C(=N/NC(=O)[C@H]1C[C@@H]1c1ccccc1)c1ccc(NC(=O)C(F)(F)F)cc1. The Balaban J connectivity index is 1.55. The number of carbonyl (C=O) groups is 2. The van der Waals surface area contributed by atoms with Crippen LogP contribution in [-0.4, -0.2) is 23.7 Å². The lowest BCUT2D eigenvalue weighted by atomic mass is 10.1. The van der Waals surface area contributed by atoms with Gasteiger partial charge in [0.25, 0.3) is 0 Å². The third-order valence-electron chi connectivity index (χ3n) is 4.51. The Bertz CT molecular complexity index is 893. The molecule has 8 heteroatoms. The molecule has 0 bridgehead atoms. The van der Waals surface area contributed by atoms with Crippen LogP contribution >= 0.6 is 0 Å². The van der Waals surface area contributed by atoms with Crippen LogP contribution in [0, 0.1) is 5.92 Å². The van der Waals surface area contributed by atoms with Gasteiger partial charge in [0.2, 0.25) is 5.91 Å². The van der Waals surface area contributed by atoms with Crippen LogP contribution in [0.15, 0.2) is 59.7 Å². The zero-order valence-electron chi connectivity index (χ0n) is 15.0. The second-order valence-corrected chi connectivity index (χ2v) is 6.56. The van der Waals surface area contributed by atoms with Crippen molar-refractivity contribution in [2.75, 3.05) is 5.32 Å². The number of nitrogens with one attached hydrogen (secondary N) is 2. The molecule has 1 aliphatic carbocycles. The predicted octanol–water partition coefficient (Wildman–Crippen LogP) is 3.83. The fourth-order valence-electron chi connectivity index (χ4n) is 2.84. The molecule has 1 fully saturated rings. The van der Waals surface area contributed by atoms with Gasteiger partial charge in [0.15, 0.2) is 0 Å². The molecule has 1 saturated carbocycles. The number of benzene rings is 2. The minimum atomic E-state index is -4.94. The van der Waals surface area contributed by atoms with Crippen molar-refractivity contribution in [3.05, 3.63) is 65.7 Å². The Morgan fingerprint density at radius 1 is 1.04 bits per heavy atom. The highest BCUT2D eigenvalue weighted by Crippen LogP contribution is 2.47. The quantitative estimate of drug-likeness (QED) is 0.603. The molecule has 5 nitrogen and oxygen atoms in total. The average molecular weight is 389 g/mol. The third kappa shape index (κ3) is 4.76. The first kappa shape index (κ1) is 19.6. The predicted molar refractivity (Wildman–Crippen MR) is 98.8 cm³/mol. The third-order valence-corrected chi connectivity index (χ3v) is 4.51. The van der Waals surface area contributed by atoms with Gasteiger partial charge in [0.1, 0.15) is 0 Å². The molecule has 0 aromatic heterocycles. The lowest BCUT2D eigenvalue weighted by Gasteiger charge is -2.08. The van der Waals surface area contributed by atoms with Crippen molar-refractivity contribution in [2.45, 2.75) is 25.4 Å². The van der Waals surface area contributed by atoms with Crippen LogP contribution in [0.5, 0.6) is 0 Å². The minimum Gasteiger partial charge on any atom is -0.318 e. The van der Waals surface area contributed by atoms with Gasteiger partial charge in [0.05, 0.1) is 5.71 Å². The summed E-state index contributed by atoms with van der Waals surface area (Å²) in [5.74, 6) is -2.11. The second-order valence-electron chi connectivity index (χ2n) is 6.56. The van der Waals surface area contributed by atoms with E-state index in [1.807, 2.05) is 30.3 Å². The Kier molecular flexibility index (Phi) is 5.48. The minimum absolute atomic E-state index is 0.0200. The van der Waals surface area contributed by atoms with Crippen LogP contribution in [0.25, 0.3) is 0 Å². The van der Waals surface area contributed by atoms with E-state index in [2.05, 4.69) is 10.5 Å². The highest BCUT2D eigenvalue weighted by Gasteiger charge is 2.43. The van der Waals surface area contributed by atoms with E-state index in [0.29, 0.717) is 11.3 Å². The lowest BCUT2D eigenvalue weighted by Crippen LogP contribution is -2.29. The Hall–Kier alpha value is -3.16. The molecule has 0 unspecified atom stereocenters. The normalized spacial score (nSPS) is 19.1. The number of carbonyl (C=O) groups excluding carboxylic acids is 2. The van der Waals surface area contributed by atoms with E-state index in [0.717, 1.165) is 12.0 Å². The van der Waals surface area contributed by atoms with Gasteiger partial charge >= 0.3 is 12.1 Å².